The molecule has 25 heavy (non-hydrogen) atoms. The number of hydrogen-bond donors (Lipinski definition) is 1. The van der Waals surface area contributed by atoms with Crippen molar-refractivity contribution in [3.63, 3.8) is 0 Å². The fourth-order valence-electron chi connectivity index (χ4n) is 2.08. The van der Waals surface area contributed by atoms with Crippen molar-refractivity contribution in [2.75, 3.05) is 19.5 Å². The van der Waals surface area contributed by atoms with Crippen molar-refractivity contribution >= 4 is 23.5 Å². The Bertz CT molecular complexity index is 833. The molecule has 1 heterocycles. The van der Waals surface area contributed by atoms with Gasteiger partial charge < -0.3 is 14.8 Å². The van der Waals surface area contributed by atoms with Gasteiger partial charge in [-0.05, 0) is 36.3 Å². The quantitative estimate of drug-likeness (QED) is 0.491. The van der Waals surface area contributed by atoms with Gasteiger partial charge in [0.05, 0.1) is 19.1 Å². The lowest BCUT2D eigenvalue weighted by Gasteiger charge is -2.07. The highest BCUT2D eigenvalue weighted by atomic mass is 16.6. The van der Waals surface area contributed by atoms with E-state index >= 15 is 0 Å². The predicted octanol–water partition coefficient (Wildman–Crippen LogP) is 2.97. The Morgan fingerprint density at radius 2 is 1.96 bits per heavy atom. The number of carbonyl (C=O) groups is 1. The molecule has 0 saturated heterocycles. The fraction of sp³-hybridized carbons (Fsp3) is 0.176. The highest BCUT2D eigenvalue weighted by Crippen LogP contribution is 2.28. The van der Waals surface area contributed by atoms with E-state index in [-0.39, 0.29) is 11.5 Å². The summed E-state index contributed by atoms with van der Waals surface area (Å²) in [6, 6.07) is 6.59. The van der Waals surface area contributed by atoms with E-state index in [9.17, 15) is 14.9 Å². The lowest BCUT2D eigenvalue weighted by Crippen LogP contribution is -2.10. The van der Waals surface area contributed by atoms with E-state index in [1.54, 1.807) is 38.3 Å². The molecule has 0 unspecified atom stereocenters. The third-order valence-electron chi connectivity index (χ3n) is 3.35. The van der Waals surface area contributed by atoms with Crippen LogP contribution in [0, 0.1) is 17.0 Å². The number of benzene rings is 1. The van der Waals surface area contributed by atoms with Gasteiger partial charge in [-0.1, -0.05) is 6.07 Å². The molecule has 1 amide bonds. The smallest absolute Gasteiger partial charge is 0.287 e. The van der Waals surface area contributed by atoms with Crippen molar-refractivity contribution in [3.8, 4) is 11.5 Å². The van der Waals surface area contributed by atoms with Crippen LogP contribution in [0.5, 0.6) is 11.5 Å². The molecule has 0 radical (unpaired) electrons. The highest BCUT2D eigenvalue weighted by molar-refractivity contribution is 6.01. The molecule has 0 aliphatic heterocycles. The molecule has 2 aromatic rings. The molecule has 0 bridgehead atoms. The van der Waals surface area contributed by atoms with E-state index in [1.165, 1.54) is 19.3 Å². The van der Waals surface area contributed by atoms with E-state index in [0.29, 0.717) is 17.1 Å². The summed E-state index contributed by atoms with van der Waals surface area (Å²) in [6.07, 6.45) is 4.04. The first kappa shape index (κ1) is 17.9. The average molecular weight is 343 g/mol. The number of pyridine rings is 1. The Morgan fingerprint density at radius 3 is 2.56 bits per heavy atom. The van der Waals surface area contributed by atoms with Crippen LogP contribution in [-0.4, -0.2) is 30.0 Å². The first-order valence-electron chi connectivity index (χ1n) is 7.26. The van der Waals surface area contributed by atoms with E-state index in [2.05, 4.69) is 10.3 Å². The number of aromatic nitrogens is 1. The molecule has 1 aromatic heterocycles. The van der Waals surface area contributed by atoms with Gasteiger partial charge in [-0.15, -0.1) is 0 Å². The zero-order valence-corrected chi connectivity index (χ0v) is 14.0. The number of ether oxygens (including phenoxy) is 2. The number of nitro groups is 1. The summed E-state index contributed by atoms with van der Waals surface area (Å²) in [4.78, 5) is 26.1. The minimum Gasteiger partial charge on any atom is -0.493 e. The number of aryl methyl sites for hydroxylation is 1. The monoisotopic (exact) mass is 343 g/mol. The maximum Gasteiger partial charge on any atom is 0.287 e. The molecule has 0 aliphatic carbocycles. The van der Waals surface area contributed by atoms with Gasteiger partial charge in [0, 0.05) is 12.1 Å². The van der Waals surface area contributed by atoms with E-state index in [0.717, 1.165) is 11.8 Å². The molecular weight excluding hydrogens is 326 g/mol. The zero-order valence-electron chi connectivity index (χ0n) is 14.0. The molecule has 1 aromatic carbocycles. The van der Waals surface area contributed by atoms with Gasteiger partial charge in [0.1, 0.15) is 12.0 Å². The van der Waals surface area contributed by atoms with Gasteiger partial charge >= 0.3 is 0 Å². The van der Waals surface area contributed by atoms with Crippen LogP contribution in [0.4, 0.5) is 11.5 Å². The molecule has 130 valence electrons. The summed E-state index contributed by atoms with van der Waals surface area (Å²) >= 11 is 0. The van der Waals surface area contributed by atoms with Crippen LogP contribution in [0.15, 0.2) is 36.5 Å². The summed E-state index contributed by atoms with van der Waals surface area (Å²) in [5, 5.41) is 13.3. The number of hydrogen-bond acceptors (Lipinski definition) is 6. The van der Waals surface area contributed by atoms with E-state index < -0.39 is 10.8 Å². The van der Waals surface area contributed by atoms with Gasteiger partial charge in [-0.2, -0.15) is 0 Å². The number of rotatable bonds is 6. The number of anilines is 1. The minimum atomic E-state index is -0.539. The molecular formula is C17H17N3O5. The van der Waals surface area contributed by atoms with Crippen LogP contribution < -0.4 is 14.8 Å². The second-order valence-corrected chi connectivity index (χ2v) is 5.05. The van der Waals surface area contributed by atoms with Gasteiger partial charge in [-0.3, -0.25) is 14.9 Å². The molecule has 0 fully saturated rings. The Kier molecular flexibility index (Phi) is 5.67. The van der Waals surface area contributed by atoms with Crippen LogP contribution >= 0.6 is 0 Å². The molecule has 8 heteroatoms. The van der Waals surface area contributed by atoms with Crippen molar-refractivity contribution < 1.29 is 19.2 Å². The average Bonchev–Trinajstić information content (AvgIpc) is 2.61. The topological polar surface area (TPSA) is 104 Å². The lowest BCUT2D eigenvalue weighted by molar-refractivity contribution is -0.385. The summed E-state index contributed by atoms with van der Waals surface area (Å²) in [6.45, 7) is 1.63. The Morgan fingerprint density at radius 1 is 1.24 bits per heavy atom. The van der Waals surface area contributed by atoms with Crippen molar-refractivity contribution in [2.24, 2.45) is 0 Å². The molecule has 0 atom stereocenters. The maximum atomic E-state index is 12.0. The van der Waals surface area contributed by atoms with Gasteiger partial charge in [0.15, 0.2) is 11.5 Å². The lowest BCUT2D eigenvalue weighted by atomic mass is 10.2. The molecule has 1 N–H and O–H groups in total. The SMILES string of the molecule is COc1ccc(/C=C/C(=O)Nc2ncc([N+](=O)[O-])cc2C)cc1OC. The van der Waals surface area contributed by atoms with Crippen molar-refractivity contribution in [3.05, 3.63) is 57.8 Å². The maximum absolute atomic E-state index is 12.0. The van der Waals surface area contributed by atoms with Crippen molar-refractivity contribution in [1.82, 2.24) is 4.98 Å². The second-order valence-electron chi connectivity index (χ2n) is 5.05. The second kappa shape index (κ2) is 7.91. The predicted molar refractivity (Wildman–Crippen MR) is 92.8 cm³/mol. The van der Waals surface area contributed by atoms with Crippen molar-refractivity contribution in [2.45, 2.75) is 6.92 Å². The summed E-state index contributed by atoms with van der Waals surface area (Å²) < 4.78 is 10.4. The van der Waals surface area contributed by atoms with Crippen LogP contribution in [-0.2, 0) is 4.79 Å². The number of nitrogens with zero attached hydrogens (tertiary/aromatic N) is 2. The first-order chi connectivity index (χ1) is 11.9. The summed E-state index contributed by atoms with van der Waals surface area (Å²) in [7, 11) is 3.07. The largest absolute Gasteiger partial charge is 0.493 e. The third-order valence-corrected chi connectivity index (χ3v) is 3.35. The van der Waals surface area contributed by atoms with Crippen molar-refractivity contribution in [1.29, 1.82) is 0 Å². The normalized spacial score (nSPS) is 10.5. The standard InChI is InChI=1S/C17H17N3O5/c1-11-8-13(20(22)23)10-18-17(11)19-16(21)7-5-12-4-6-14(24-2)15(9-12)25-3/h4-10H,1-3H3,(H,18,19,21)/b7-5+. The van der Waals surface area contributed by atoms with E-state index in [4.69, 9.17) is 9.47 Å². The number of carbonyl (C=O) groups excluding carboxylic acids is 1. The zero-order chi connectivity index (χ0) is 18.4. The number of methoxy groups -OCH3 is 2. The highest BCUT2D eigenvalue weighted by Gasteiger charge is 2.10. The molecule has 8 nitrogen and oxygen atoms in total. The number of nitrogens with one attached hydrogen (secondary N) is 1. The third kappa shape index (κ3) is 4.54. The molecule has 0 aliphatic rings. The van der Waals surface area contributed by atoms with Gasteiger partial charge in [-0.25, -0.2) is 4.98 Å². The van der Waals surface area contributed by atoms with Crippen LogP contribution in [0.3, 0.4) is 0 Å². The van der Waals surface area contributed by atoms with Crippen LogP contribution in [0.25, 0.3) is 6.08 Å². The van der Waals surface area contributed by atoms with Crippen LogP contribution in [0.1, 0.15) is 11.1 Å². The van der Waals surface area contributed by atoms with Gasteiger partial charge in [0.2, 0.25) is 5.91 Å². The summed E-state index contributed by atoms with van der Waals surface area (Å²) in [5.74, 6) is 1.01. The Labute approximate surface area is 144 Å². The minimum absolute atomic E-state index is 0.128. The number of amides is 1. The Hall–Kier alpha value is -3.42. The van der Waals surface area contributed by atoms with E-state index in [1.807, 2.05) is 0 Å². The Balaban J connectivity index is 2.10. The van der Waals surface area contributed by atoms with Gasteiger partial charge in [0.25, 0.3) is 5.69 Å². The molecule has 2 rings (SSSR count). The molecule has 0 spiro atoms. The fourth-order valence-corrected chi connectivity index (χ4v) is 2.08. The van der Waals surface area contributed by atoms with Crippen LogP contribution in [0.2, 0.25) is 0 Å². The first-order valence-corrected chi connectivity index (χ1v) is 7.26. The molecule has 0 saturated carbocycles. The summed E-state index contributed by atoms with van der Waals surface area (Å²) in [5.41, 5.74) is 1.12.